The summed E-state index contributed by atoms with van der Waals surface area (Å²) in [6.45, 7) is 11.1. The first-order valence-corrected chi connectivity index (χ1v) is 15.9. The fraction of sp³-hybridized carbons (Fsp3) is 0.520. The molecule has 2 aromatic carbocycles. The van der Waals surface area contributed by atoms with Crippen LogP contribution in [0.5, 0.6) is 5.75 Å². The maximum absolute atomic E-state index is 14.0. The Morgan fingerprint density at radius 3 is 2.30 bits per heavy atom. The van der Waals surface area contributed by atoms with Gasteiger partial charge in [-0.25, -0.2) is 4.39 Å². The Morgan fingerprint density at radius 1 is 1.06 bits per heavy atom. The molecule has 184 valence electrons. The lowest BCUT2D eigenvalue weighted by Gasteiger charge is -2.37. The van der Waals surface area contributed by atoms with Crippen LogP contribution in [-0.4, -0.2) is 36.4 Å². The van der Waals surface area contributed by atoms with Gasteiger partial charge < -0.3 is 9.16 Å². The zero-order valence-corrected chi connectivity index (χ0v) is 22.5. The van der Waals surface area contributed by atoms with Crippen LogP contribution in [0, 0.1) is 17.2 Å². The zero-order chi connectivity index (χ0) is 24.6. The predicted octanol–water partition coefficient (Wildman–Crippen LogP) is 5.34. The van der Waals surface area contributed by atoms with Crippen molar-refractivity contribution in [3.63, 3.8) is 0 Å². The van der Waals surface area contributed by atoms with Crippen LogP contribution >= 0.6 is 0 Å². The highest BCUT2D eigenvalue weighted by atomic mass is 32.2. The Morgan fingerprint density at radius 2 is 1.73 bits per heavy atom. The summed E-state index contributed by atoms with van der Waals surface area (Å²) in [5.74, 6) is -0.0556. The summed E-state index contributed by atoms with van der Waals surface area (Å²) in [4.78, 5) is 0. The monoisotopic (exact) mass is 496 g/mol. The molecule has 2 rings (SSSR count). The van der Waals surface area contributed by atoms with Gasteiger partial charge in [-0.15, -0.1) is 0 Å². The van der Waals surface area contributed by atoms with Crippen molar-refractivity contribution in [1.29, 1.82) is 0 Å². The third-order valence-electron chi connectivity index (χ3n) is 5.43. The van der Waals surface area contributed by atoms with E-state index >= 15 is 0 Å². The van der Waals surface area contributed by atoms with E-state index in [0.29, 0.717) is 31.8 Å². The molecule has 0 aliphatic heterocycles. The van der Waals surface area contributed by atoms with Crippen LogP contribution in [0.2, 0.25) is 13.1 Å². The molecule has 8 heteroatoms. The second kappa shape index (κ2) is 12.1. The molecule has 0 aromatic heterocycles. The van der Waals surface area contributed by atoms with Crippen LogP contribution in [-0.2, 0) is 31.8 Å². The Hall–Kier alpha value is -1.74. The number of aryl methyl sites for hydroxylation is 1. The van der Waals surface area contributed by atoms with Crippen molar-refractivity contribution in [3.8, 4) is 5.75 Å². The van der Waals surface area contributed by atoms with Gasteiger partial charge in [0, 0.05) is 18.6 Å². The van der Waals surface area contributed by atoms with E-state index in [4.69, 9.17) is 13.3 Å². The largest absolute Gasteiger partial charge is 0.489 e. The molecular formula is C25H37FO5SSi. The van der Waals surface area contributed by atoms with E-state index in [-0.39, 0.29) is 17.2 Å². The Bertz CT molecular complexity index is 974. The van der Waals surface area contributed by atoms with Crippen molar-refractivity contribution < 1.29 is 26.2 Å². The molecule has 0 spiro atoms. The van der Waals surface area contributed by atoms with Gasteiger partial charge in [-0.05, 0) is 48.5 Å². The third kappa shape index (κ3) is 9.96. The first-order chi connectivity index (χ1) is 15.3. The highest BCUT2D eigenvalue weighted by molar-refractivity contribution is 7.86. The molecule has 0 saturated heterocycles. The van der Waals surface area contributed by atoms with Gasteiger partial charge >= 0.3 is 0 Å². The SMILES string of the molecule is C[SiH](C)OC[C@@H]([C@H](CCc1ccc(F)cc1OCc1ccccc1)OS(C)(=O)=O)C(C)(C)C. The van der Waals surface area contributed by atoms with Crippen molar-refractivity contribution in [2.75, 3.05) is 12.9 Å². The fourth-order valence-electron chi connectivity index (χ4n) is 3.65. The summed E-state index contributed by atoms with van der Waals surface area (Å²) in [6.07, 6.45) is 1.42. The van der Waals surface area contributed by atoms with Crippen LogP contribution in [0.3, 0.4) is 0 Å². The molecule has 33 heavy (non-hydrogen) atoms. The highest BCUT2D eigenvalue weighted by Gasteiger charge is 2.35. The topological polar surface area (TPSA) is 61.8 Å². The molecule has 2 atom stereocenters. The average Bonchev–Trinajstić information content (AvgIpc) is 2.69. The molecule has 5 nitrogen and oxygen atoms in total. The summed E-state index contributed by atoms with van der Waals surface area (Å²) >= 11 is 0. The Kier molecular flexibility index (Phi) is 10.1. The smallest absolute Gasteiger partial charge is 0.264 e. The number of hydrogen-bond donors (Lipinski definition) is 0. The molecule has 0 unspecified atom stereocenters. The second-order valence-corrected chi connectivity index (χ2v) is 13.8. The lowest BCUT2D eigenvalue weighted by atomic mass is 9.76. The number of ether oxygens (including phenoxy) is 1. The summed E-state index contributed by atoms with van der Waals surface area (Å²) in [7, 11) is -4.96. The first kappa shape index (κ1) is 27.5. The van der Waals surface area contributed by atoms with Crippen LogP contribution in [0.15, 0.2) is 48.5 Å². The first-order valence-electron chi connectivity index (χ1n) is 11.3. The molecule has 0 aliphatic rings. The van der Waals surface area contributed by atoms with Crippen molar-refractivity contribution >= 4 is 19.2 Å². The van der Waals surface area contributed by atoms with Crippen LogP contribution in [0.1, 0.15) is 38.3 Å². The van der Waals surface area contributed by atoms with Gasteiger partial charge in [-0.2, -0.15) is 8.42 Å². The third-order valence-corrected chi connectivity index (χ3v) is 6.89. The van der Waals surface area contributed by atoms with Gasteiger partial charge in [-0.3, -0.25) is 4.18 Å². The van der Waals surface area contributed by atoms with E-state index in [2.05, 4.69) is 33.9 Å². The van der Waals surface area contributed by atoms with Gasteiger partial charge in [0.2, 0.25) is 0 Å². The average molecular weight is 497 g/mol. The van der Waals surface area contributed by atoms with Crippen molar-refractivity contribution in [1.82, 2.24) is 0 Å². The molecule has 0 fully saturated rings. The fourth-order valence-corrected chi connectivity index (χ4v) is 4.93. The zero-order valence-electron chi connectivity index (χ0n) is 20.5. The lowest BCUT2D eigenvalue weighted by molar-refractivity contribution is 0.0274. The van der Waals surface area contributed by atoms with E-state index in [9.17, 15) is 12.8 Å². The second-order valence-electron chi connectivity index (χ2n) is 9.76. The molecule has 0 N–H and O–H groups in total. The molecule has 0 saturated carbocycles. The summed E-state index contributed by atoms with van der Waals surface area (Å²) in [5.41, 5.74) is 1.56. The van der Waals surface area contributed by atoms with E-state index in [1.165, 1.54) is 12.1 Å². The molecule has 0 bridgehead atoms. The standard InChI is InChI=1S/C25H37FO5SSi/c1-25(2,3)22(18-30-33(5)6)23(31-32(4,27)28)15-13-20-12-14-21(26)16-24(20)29-17-19-10-8-7-9-11-19/h7-12,14,16,22-23,33H,13,15,17-18H2,1-6H3/t22-,23-/m0/s1. The number of benzene rings is 2. The minimum atomic E-state index is -3.67. The number of rotatable bonds is 12. The number of hydrogen-bond acceptors (Lipinski definition) is 5. The highest BCUT2D eigenvalue weighted by Crippen LogP contribution is 2.34. The molecule has 0 radical (unpaired) electrons. The maximum Gasteiger partial charge on any atom is 0.264 e. The van der Waals surface area contributed by atoms with Gasteiger partial charge in [0.05, 0.1) is 12.4 Å². The van der Waals surface area contributed by atoms with E-state index < -0.39 is 25.3 Å². The van der Waals surface area contributed by atoms with E-state index in [0.717, 1.165) is 17.4 Å². The van der Waals surface area contributed by atoms with Crippen LogP contribution < -0.4 is 4.74 Å². The van der Waals surface area contributed by atoms with Crippen molar-refractivity contribution in [3.05, 3.63) is 65.5 Å². The molecular weight excluding hydrogens is 459 g/mol. The summed E-state index contributed by atoms with van der Waals surface area (Å²) in [6, 6.07) is 14.1. The maximum atomic E-state index is 14.0. The Labute approximate surface area is 200 Å². The Balaban J connectivity index is 2.23. The van der Waals surface area contributed by atoms with Crippen molar-refractivity contribution in [2.24, 2.45) is 11.3 Å². The molecule has 0 aliphatic carbocycles. The molecule has 0 heterocycles. The predicted molar refractivity (Wildman–Crippen MR) is 133 cm³/mol. The van der Waals surface area contributed by atoms with Crippen LogP contribution in [0.25, 0.3) is 0 Å². The quantitative estimate of drug-likeness (QED) is 0.293. The minimum absolute atomic E-state index is 0.128. The minimum Gasteiger partial charge on any atom is -0.489 e. The van der Waals surface area contributed by atoms with E-state index in [1.807, 2.05) is 30.3 Å². The normalized spacial score (nSPS) is 14.3. The molecule has 2 aromatic rings. The number of halogens is 1. The van der Waals surface area contributed by atoms with Crippen molar-refractivity contribution in [2.45, 2.75) is 59.4 Å². The molecule has 0 amide bonds. The van der Waals surface area contributed by atoms with Gasteiger partial charge in [0.15, 0.2) is 9.04 Å². The van der Waals surface area contributed by atoms with Gasteiger partial charge in [0.1, 0.15) is 18.2 Å². The lowest BCUT2D eigenvalue weighted by Crippen LogP contribution is -2.40. The summed E-state index contributed by atoms with van der Waals surface area (Å²) < 4.78 is 55.6. The summed E-state index contributed by atoms with van der Waals surface area (Å²) in [5, 5.41) is 0. The van der Waals surface area contributed by atoms with Crippen LogP contribution in [0.4, 0.5) is 4.39 Å². The van der Waals surface area contributed by atoms with E-state index in [1.54, 1.807) is 6.07 Å². The van der Waals surface area contributed by atoms with Gasteiger partial charge in [0.25, 0.3) is 10.1 Å². The van der Waals surface area contributed by atoms with Gasteiger partial charge in [-0.1, -0.05) is 57.2 Å².